The molecule has 3 unspecified atom stereocenters. The lowest BCUT2D eigenvalue weighted by atomic mass is 9.53. The van der Waals surface area contributed by atoms with Gasteiger partial charge in [0.25, 0.3) is 0 Å². The van der Waals surface area contributed by atoms with Crippen molar-refractivity contribution in [2.45, 2.75) is 241 Å². The Kier molecular flexibility index (Phi) is 21.8. The van der Waals surface area contributed by atoms with Gasteiger partial charge in [-0.25, -0.2) is 5.01 Å². The maximum atomic E-state index is 4.10. The van der Waals surface area contributed by atoms with Crippen LogP contribution in [0.1, 0.15) is 229 Å². The van der Waals surface area contributed by atoms with E-state index in [-0.39, 0.29) is 5.41 Å². The van der Waals surface area contributed by atoms with E-state index in [0.717, 1.165) is 38.1 Å². The fraction of sp³-hybridized carbons (Fsp3) is 0.764. The summed E-state index contributed by atoms with van der Waals surface area (Å²) in [5.74, 6) is 3.75. The molecule has 0 aromatic rings. The van der Waals surface area contributed by atoms with E-state index in [2.05, 4.69) is 109 Å². The van der Waals surface area contributed by atoms with Gasteiger partial charge in [-0.15, -0.1) is 0 Å². The molecule has 1 saturated carbocycles. The van der Waals surface area contributed by atoms with Gasteiger partial charge >= 0.3 is 0 Å². The molecular weight excluding hydrogens is 689 g/mol. The summed E-state index contributed by atoms with van der Waals surface area (Å²) in [5, 5.41) is 2.77. The first kappa shape index (κ1) is 48.0. The molecule has 0 aliphatic heterocycles. The summed E-state index contributed by atoms with van der Waals surface area (Å²) >= 11 is 0. The summed E-state index contributed by atoms with van der Waals surface area (Å²) < 4.78 is 0. The van der Waals surface area contributed by atoms with Gasteiger partial charge in [-0.05, 0) is 113 Å². The number of unbranched alkanes of at least 4 members (excludes halogenated alkanes) is 9. The van der Waals surface area contributed by atoms with Crippen LogP contribution in [-0.4, -0.2) is 23.6 Å². The van der Waals surface area contributed by atoms with Crippen molar-refractivity contribution >= 4 is 0 Å². The normalized spacial score (nSPS) is 19.9. The molecule has 1 radical (unpaired) electrons. The predicted molar refractivity (Wildman–Crippen MR) is 253 cm³/mol. The maximum absolute atomic E-state index is 4.10. The van der Waals surface area contributed by atoms with Crippen molar-refractivity contribution in [3.05, 3.63) is 75.8 Å². The third-order valence-corrected chi connectivity index (χ3v) is 14.4. The molecule has 0 aromatic heterocycles. The van der Waals surface area contributed by atoms with E-state index in [9.17, 15) is 0 Å². The second-order valence-corrected chi connectivity index (χ2v) is 19.8. The lowest BCUT2D eigenvalue weighted by Crippen LogP contribution is -2.57. The first-order chi connectivity index (χ1) is 27.7. The highest BCUT2D eigenvalue weighted by Crippen LogP contribution is 2.60. The van der Waals surface area contributed by atoms with E-state index in [4.69, 9.17) is 0 Å². The average Bonchev–Trinajstić information content (AvgIpc) is 3.98. The van der Waals surface area contributed by atoms with Crippen LogP contribution in [0.25, 0.3) is 0 Å². The third kappa shape index (κ3) is 13.7. The molecular formula is C55H93N2. The quantitative estimate of drug-likeness (QED) is 0.0577. The van der Waals surface area contributed by atoms with Gasteiger partial charge in [0.05, 0.1) is 0 Å². The molecule has 323 valence electrons. The van der Waals surface area contributed by atoms with Crippen molar-refractivity contribution in [2.24, 2.45) is 23.2 Å². The van der Waals surface area contributed by atoms with Crippen molar-refractivity contribution in [3.63, 3.8) is 0 Å². The topological polar surface area (TPSA) is 15.3 Å². The van der Waals surface area contributed by atoms with Crippen LogP contribution in [0.2, 0.25) is 0 Å². The summed E-state index contributed by atoms with van der Waals surface area (Å²) in [4.78, 5) is 0. The summed E-state index contributed by atoms with van der Waals surface area (Å²) in [5.41, 5.74) is 14.5. The lowest BCUT2D eigenvalue weighted by Gasteiger charge is -2.53. The Morgan fingerprint density at radius 2 is 1.25 bits per heavy atom. The zero-order valence-electron chi connectivity index (χ0n) is 39.4. The average molecular weight is 782 g/mol. The Balaban J connectivity index is 2.02. The number of hydrazine groups is 1. The molecule has 4 rings (SSSR count). The predicted octanol–water partition coefficient (Wildman–Crippen LogP) is 16.9. The van der Waals surface area contributed by atoms with Crippen LogP contribution in [0, 0.1) is 29.1 Å². The number of nitrogens with one attached hydrogen (secondary N) is 1. The first-order valence-corrected chi connectivity index (χ1v) is 25.2. The van der Waals surface area contributed by atoms with Crippen LogP contribution < -0.4 is 5.43 Å². The van der Waals surface area contributed by atoms with Gasteiger partial charge in [0, 0.05) is 35.9 Å². The van der Waals surface area contributed by atoms with Crippen molar-refractivity contribution in [1.29, 1.82) is 0 Å². The molecule has 0 amide bonds. The lowest BCUT2D eigenvalue weighted by molar-refractivity contribution is 0.0534. The van der Waals surface area contributed by atoms with Gasteiger partial charge in [0.2, 0.25) is 0 Å². The highest BCUT2D eigenvalue weighted by atomic mass is 15.5. The van der Waals surface area contributed by atoms with E-state index >= 15 is 0 Å². The standard InChI is InChI=1S/C55H93N2/c1-10-14-17-19-20-24-32-47-34-28-39-51(47)55(9,52(38-25-18-15-11-2)53(41-43(5)6)57(44(7)8)56-40-13-4)54(49-36-26-33-46(49)31-16-12-3)50-37-27-35-48(50)42-45-29-22-21-23-30-45/h26-28,33-35,43-45,53-54,56H,10-25,29-32,36-42H2,1-9H3. The smallest absolute Gasteiger partial charge is 0.0320 e. The summed E-state index contributed by atoms with van der Waals surface area (Å²) in [6, 6.07) is 0.813. The van der Waals surface area contributed by atoms with Crippen LogP contribution in [0.15, 0.2) is 69.9 Å². The number of rotatable bonds is 30. The van der Waals surface area contributed by atoms with Crippen LogP contribution in [-0.2, 0) is 0 Å². The second-order valence-electron chi connectivity index (χ2n) is 19.8. The van der Waals surface area contributed by atoms with Crippen molar-refractivity contribution < 1.29 is 0 Å². The Morgan fingerprint density at radius 3 is 1.89 bits per heavy atom. The molecule has 0 bridgehead atoms. The Bertz CT molecular complexity index is 1340. The largest absolute Gasteiger partial charge is 0.255 e. The molecule has 0 heterocycles. The van der Waals surface area contributed by atoms with E-state index in [1.165, 1.54) is 141 Å². The SMILES string of the molecule is CCCCCCCCC1=C(C(C)([C](CCCCCC)C(CC(C)C)N(NCCC)C(C)C)C(C2=C(CCCC)C=CC2)C2=C(CC3CCCCC3)C=CC2)CC=C1. The van der Waals surface area contributed by atoms with Crippen molar-refractivity contribution in [3.8, 4) is 0 Å². The first-order valence-electron chi connectivity index (χ1n) is 25.2. The summed E-state index contributed by atoms with van der Waals surface area (Å²) in [7, 11) is 0. The van der Waals surface area contributed by atoms with Crippen molar-refractivity contribution in [1.82, 2.24) is 10.4 Å². The second kappa shape index (κ2) is 25.9. The maximum Gasteiger partial charge on any atom is 0.0320 e. The number of hydrogen-bond donors (Lipinski definition) is 1. The van der Waals surface area contributed by atoms with Crippen LogP contribution in [0.3, 0.4) is 0 Å². The fourth-order valence-corrected chi connectivity index (χ4v) is 11.4. The van der Waals surface area contributed by atoms with Crippen LogP contribution in [0.5, 0.6) is 0 Å². The monoisotopic (exact) mass is 782 g/mol. The highest BCUT2D eigenvalue weighted by Gasteiger charge is 2.52. The van der Waals surface area contributed by atoms with Gasteiger partial charge in [-0.3, -0.25) is 5.43 Å². The zero-order chi connectivity index (χ0) is 41.0. The molecule has 57 heavy (non-hydrogen) atoms. The minimum Gasteiger partial charge on any atom is -0.255 e. The molecule has 1 fully saturated rings. The van der Waals surface area contributed by atoms with Gasteiger partial charge < -0.3 is 0 Å². The van der Waals surface area contributed by atoms with E-state index < -0.39 is 0 Å². The van der Waals surface area contributed by atoms with Crippen LogP contribution >= 0.6 is 0 Å². The number of allylic oxidation sites excluding steroid dienone is 12. The number of nitrogens with zero attached hydrogens (tertiary/aromatic N) is 1. The van der Waals surface area contributed by atoms with E-state index in [1.54, 1.807) is 33.4 Å². The van der Waals surface area contributed by atoms with Crippen LogP contribution in [0.4, 0.5) is 0 Å². The zero-order valence-corrected chi connectivity index (χ0v) is 39.4. The highest BCUT2D eigenvalue weighted by molar-refractivity contribution is 5.53. The van der Waals surface area contributed by atoms with E-state index in [1.807, 2.05) is 5.92 Å². The molecule has 1 N–H and O–H groups in total. The van der Waals surface area contributed by atoms with Gasteiger partial charge in [0.15, 0.2) is 0 Å². The fourth-order valence-electron chi connectivity index (χ4n) is 11.4. The third-order valence-electron chi connectivity index (χ3n) is 14.4. The van der Waals surface area contributed by atoms with Crippen molar-refractivity contribution in [2.75, 3.05) is 6.54 Å². The molecule has 0 spiro atoms. The Labute approximate surface area is 356 Å². The Morgan fingerprint density at radius 1 is 0.667 bits per heavy atom. The molecule has 4 aliphatic rings. The molecule has 0 aromatic carbocycles. The molecule has 2 nitrogen and oxygen atoms in total. The summed E-state index contributed by atoms with van der Waals surface area (Å²) in [6.07, 6.45) is 49.5. The summed E-state index contributed by atoms with van der Waals surface area (Å²) in [6.45, 7) is 23.2. The Hall–Kier alpha value is -1.64. The van der Waals surface area contributed by atoms with E-state index in [0.29, 0.717) is 23.9 Å². The molecule has 0 saturated heterocycles. The minimum absolute atomic E-state index is 0.0637. The van der Waals surface area contributed by atoms with Gasteiger partial charge in [-0.2, -0.15) is 0 Å². The molecule has 2 heteroatoms. The molecule has 4 aliphatic carbocycles. The number of hydrogen-bond acceptors (Lipinski definition) is 2. The molecule has 3 atom stereocenters. The van der Waals surface area contributed by atoms with Gasteiger partial charge in [-0.1, -0.05) is 198 Å². The minimum atomic E-state index is -0.0637. The van der Waals surface area contributed by atoms with Gasteiger partial charge in [0.1, 0.15) is 0 Å².